The van der Waals surface area contributed by atoms with E-state index >= 15 is 0 Å². The van der Waals surface area contributed by atoms with E-state index in [1.54, 1.807) is 24.3 Å². The summed E-state index contributed by atoms with van der Waals surface area (Å²) in [5, 5.41) is 3.34. The van der Waals surface area contributed by atoms with Gasteiger partial charge in [0.15, 0.2) is 0 Å². The summed E-state index contributed by atoms with van der Waals surface area (Å²) in [6.45, 7) is 0.00861. The van der Waals surface area contributed by atoms with Crippen LogP contribution in [-0.4, -0.2) is 14.3 Å². The number of halogens is 4. The molecule has 0 aliphatic rings. The van der Waals surface area contributed by atoms with Gasteiger partial charge in [-0.1, -0.05) is 46.9 Å². The topological polar surface area (TPSA) is 75.3 Å². The van der Waals surface area contributed by atoms with Crippen molar-refractivity contribution in [3.63, 3.8) is 0 Å². The Labute approximate surface area is 187 Å². The number of nitrogens with one attached hydrogen (secondary N) is 2. The van der Waals surface area contributed by atoms with Gasteiger partial charge in [-0.2, -0.15) is 0 Å². The van der Waals surface area contributed by atoms with Crippen LogP contribution in [0.25, 0.3) is 0 Å². The second-order valence-electron chi connectivity index (χ2n) is 6.17. The normalized spacial score (nSPS) is 11.3. The van der Waals surface area contributed by atoms with E-state index in [1.807, 2.05) is 0 Å². The van der Waals surface area contributed by atoms with Gasteiger partial charge in [-0.05, 0) is 54.1 Å². The van der Waals surface area contributed by atoms with Gasteiger partial charge in [-0.3, -0.25) is 4.79 Å². The Morgan fingerprint density at radius 3 is 2.20 bits per heavy atom. The van der Waals surface area contributed by atoms with Crippen molar-refractivity contribution in [3.8, 4) is 0 Å². The molecule has 0 atom stereocenters. The van der Waals surface area contributed by atoms with Crippen LogP contribution in [0.4, 0.5) is 10.1 Å². The molecule has 0 aliphatic carbocycles. The van der Waals surface area contributed by atoms with Crippen LogP contribution >= 0.6 is 34.8 Å². The highest BCUT2D eigenvalue weighted by Crippen LogP contribution is 2.24. The molecule has 3 aromatic rings. The molecule has 5 nitrogen and oxygen atoms in total. The van der Waals surface area contributed by atoms with Gasteiger partial charge < -0.3 is 5.32 Å². The monoisotopic (exact) mass is 486 g/mol. The second kappa shape index (κ2) is 9.32. The van der Waals surface area contributed by atoms with E-state index in [0.717, 1.165) is 12.1 Å². The summed E-state index contributed by atoms with van der Waals surface area (Å²) in [5.41, 5.74) is 0.594. The molecule has 0 bridgehead atoms. The maximum absolute atomic E-state index is 14.5. The Bertz CT molecular complexity index is 1200. The van der Waals surface area contributed by atoms with E-state index in [0.29, 0.717) is 15.6 Å². The quantitative estimate of drug-likeness (QED) is 0.481. The smallest absolute Gasteiger partial charge is 0.257 e. The first-order chi connectivity index (χ1) is 14.2. The van der Waals surface area contributed by atoms with Gasteiger partial charge >= 0.3 is 0 Å². The molecule has 2 N–H and O–H groups in total. The summed E-state index contributed by atoms with van der Waals surface area (Å²) in [7, 11) is -3.97. The van der Waals surface area contributed by atoms with Crippen molar-refractivity contribution in [2.75, 3.05) is 5.32 Å². The third-order valence-corrected chi connectivity index (χ3v) is 6.25. The molecule has 0 spiro atoms. The van der Waals surface area contributed by atoms with Crippen molar-refractivity contribution < 1.29 is 17.6 Å². The van der Waals surface area contributed by atoms with E-state index < -0.39 is 21.7 Å². The number of amides is 1. The largest absolute Gasteiger partial charge is 0.319 e. The van der Waals surface area contributed by atoms with Gasteiger partial charge in [0.1, 0.15) is 5.82 Å². The number of carbonyl (C=O) groups is 1. The van der Waals surface area contributed by atoms with E-state index in [4.69, 9.17) is 34.8 Å². The molecule has 0 saturated carbocycles. The summed E-state index contributed by atoms with van der Waals surface area (Å²) >= 11 is 17.6. The van der Waals surface area contributed by atoms with Crippen LogP contribution in [0.5, 0.6) is 0 Å². The average molecular weight is 488 g/mol. The van der Waals surface area contributed by atoms with Gasteiger partial charge in [0, 0.05) is 16.6 Å². The molecule has 1 amide bonds. The molecular weight excluding hydrogens is 474 g/mol. The summed E-state index contributed by atoms with van der Waals surface area (Å²) < 4.78 is 41.7. The lowest BCUT2D eigenvalue weighted by atomic mass is 10.2. The molecule has 0 saturated heterocycles. The summed E-state index contributed by atoms with van der Waals surface area (Å²) in [6.07, 6.45) is 0. The highest BCUT2D eigenvalue weighted by Gasteiger charge is 2.18. The third-order valence-electron chi connectivity index (χ3n) is 4.05. The fraction of sp³-hybridized carbons (Fsp3) is 0.0500. The molecule has 0 unspecified atom stereocenters. The van der Waals surface area contributed by atoms with Crippen molar-refractivity contribution in [2.45, 2.75) is 11.4 Å². The minimum Gasteiger partial charge on any atom is -0.319 e. The number of anilines is 1. The molecule has 3 aromatic carbocycles. The molecule has 0 heterocycles. The van der Waals surface area contributed by atoms with Gasteiger partial charge in [0.2, 0.25) is 10.0 Å². The predicted octanol–water partition coefficient (Wildman–Crippen LogP) is 5.52. The number of rotatable bonds is 6. The minimum absolute atomic E-state index is 0.00861. The highest BCUT2D eigenvalue weighted by atomic mass is 35.5. The van der Waals surface area contributed by atoms with Gasteiger partial charge in [-0.25, -0.2) is 17.5 Å². The van der Waals surface area contributed by atoms with Crippen LogP contribution in [0.15, 0.2) is 65.6 Å². The van der Waals surface area contributed by atoms with Crippen LogP contribution in [-0.2, 0) is 16.6 Å². The van der Waals surface area contributed by atoms with Crippen LogP contribution in [0.1, 0.15) is 15.9 Å². The zero-order chi connectivity index (χ0) is 21.9. The van der Waals surface area contributed by atoms with Gasteiger partial charge in [0.05, 0.1) is 21.2 Å². The van der Waals surface area contributed by atoms with Crippen LogP contribution in [0.2, 0.25) is 15.1 Å². The number of benzene rings is 3. The Morgan fingerprint density at radius 1 is 0.900 bits per heavy atom. The number of carbonyl (C=O) groups excluding carboxylic acids is 1. The summed E-state index contributed by atoms with van der Waals surface area (Å²) in [4.78, 5) is 12.0. The first kappa shape index (κ1) is 22.5. The average Bonchev–Trinajstić information content (AvgIpc) is 2.69. The Morgan fingerprint density at radius 2 is 1.57 bits per heavy atom. The summed E-state index contributed by atoms with van der Waals surface area (Å²) in [5.74, 6) is -1.57. The van der Waals surface area contributed by atoms with E-state index in [1.165, 1.54) is 24.3 Å². The predicted molar refractivity (Wildman–Crippen MR) is 116 cm³/mol. The molecular formula is C20H14Cl3FN2O3S. The van der Waals surface area contributed by atoms with Crippen LogP contribution < -0.4 is 10.0 Å². The Kier molecular flexibility index (Phi) is 7.00. The molecule has 30 heavy (non-hydrogen) atoms. The lowest BCUT2D eigenvalue weighted by molar-refractivity contribution is 0.102. The van der Waals surface area contributed by atoms with Crippen molar-refractivity contribution >= 4 is 56.4 Å². The number of sulfonamides is 1. The van der Waals surface area contributed by atoms with Gasteiger partial charge in [0.25, 0.3) is 5.91 Å². The fourth-order valence-corrected chi connectivity index (χ4v) is 4.14. The molecule has 0 radical (unpaired) electrons. The van der Waals surface area contributed by atoms with Crippen LogP contribution in [0.3, 0.4) is 0 Å². The van der Waals surface area contributed by atoms with Crippen molar-refractivity contribution in [2.24, 2.45) is 0 Å². The van der Waals surface area contributed by atoms with Crippen molar-refractivity contribution in [1.29, 1.82) is 0 Å². The fourth-order valence-electron chi connectivity index (χ4n) is 2.49. The lowest BCUT2D eigenvalue weighted by Crippen LogP contribution is -2.23. The number of hydrogen-bond donors (Lipinski definition) is 2. The zero-order valence-electron chi connectivity index (χ0n) is 15.1. The van der Waals surface area contributed by atoms with E-state index in [2.05, 4.69) is 10.0 Å². The molecule has 0 aromatic heterocycles. The molecule has 0 fully saturated rings. The van der Waals surface area contributed by atoms with Crippen LogP contribution in [0, 0.1) is 5.82 Å². The first-order valence-corrected chi connectivity index (χ1v) is 11.1. The molecule has 3 rings (SSSR count). The van der Waals surface area contributed by atoms with E-state index in [9.17, 15) is 17.6 Å². The van der Waals surface area contributed by atoms with Crippen molar-refractivity contribution in [1.82, 2.24) is 4.72 Å². The maximum atomic E-state index is 14.5. The Hall–Kier alpha value is -2.16. The lowest BCUT2D eigenvalue weighted by Gasteiger charge is -2.11. The van der Waals surface area contributed by atoms with Crippen molar-refractivity contribution in [3.05, 3.63) is 92.7 Å². The SMILES string of the molecule is O=C(Nc1ccc(S(=O)(=O)NCc2ccc(Cl)cc2)cc1F)c1ccc(Cl)cc1Cl. The highest BCUT2D eigenvalue weighted by molar-refractivity contribution is 7.89. The first-order valence-electron chi connectivity index (χ1n) is 8.46. The second-order valence-corrected chi connectivity index (χ2v) is 9.22. The molecule has 156 valence electrons. The number of hydrogen-bond acceptors (Lipinski definition) is 3. The molecule has 0 aliphatic heterocycles. The third kappa shape index (κ3) is 5.50. The Balaban J connectivity index is 1.73. The maximum Gasteiger partial charge on any atom is 0.257 e. The van der Waals surface area contributed by atoms with E-state index in [-0.39, 0.29) is 27.7 Å². The zero-order valence-corrected chi connectivity index (χ0v) is 18.2. The minimum atomic E-state index is -3.97. The summed E-state index contributed by atoms with van der Waals surface area (Å²) in [6, 6.07) is 14.0. The van der Waals surface area contributed by atoms with Gasteiger partial charge in [-0.15, -0.1) is 0 Å². The molecule has 10 heteroatoms. The standard InChI is InChI=1S/C20H14Cl3FN2O3S/c21-13-3-1-12(2-4-13)11-25-30(28,29)15-6-8-19(18(24)10-15)26-20(27)16-7-5-14(22)9-17(16)23/h1-10,25H,11H2,(H,26,27).